The number of ether oxygens (including phenoxy) is 1. The van der Waals surface area contributed by atoms with Crippen molar-refractivity contribution >= 4 is 29.5 Å². The molecule has 1 saturated carbocycles. The second kappa shape index (κ2) is 11.4. The fourth-order valence-corrected chi connectivity index (χ4v) is 5.66. The summed E-state index contributed by atoms with van der Waals surface area (Å²) < 4.78 is 5.40. The van der Waals surface area contributed by atoms with Crippen LogP contribution in [0.15, 0.2) is 24.3 Å². The van der Waals surface area contributed by atoms with Crippen LogP contribution < -0.4 is 0 Å². The molecule has 3 fully saturated rings. The van der Waals surface area contributed by atoms with E-state index in [9.17, 15) is 14.4 Å². The first-order chi connectivity index (χ1) is 17.2. The van der Waals surface area contributed by atoms with E-state index in [1.54, 1.807) is 11.9 Å². The second-order valence-corrected chi connectivity index (χ2v) is 11.6. The van der Waals surface area contributed by atoms with Gasteiger partial charge in [0.25, 0.3) is 0 Å². The first kappa shape index (κ1) is 26.8. The van der Waals surface area contributed by atoms with Gasteiger partial charge in [0.15, 0.2) is 0 Å². The van der Waals surface area contributed by atoms with Gasteiger partial charge in [-0.05, 0) is 49.8 Å². The molecule has 0 N–H and O–H groups in total. The number of rotatable bonds is 8. The maximum absolute atomic E-state index is 13.6. The van der Waals surface area contributed by atoms with Gasteiger partial charge in [0.05, 0.1) is 6.61 Å². The van der Waals surface area contributed by atoms with Crippen molar-refractivity contribution in [3.05, 3.63) is 34.9 Å². The molecule has 8 heteroatoms. The highest BCUT2D eigenvalue weighted by Crippen LogP contribution is 2.47. The lowest BCUT2D eigenvalue weighted by atomic mass is 9.88. The van der Waals surface area contributed by atoms with E-state index in [0.29, 0.717) is 44.4 Å². The van der Waals surface area contributed by atoms with Gasteiger partial charge in [-0.15, -0.1) is 0 Å². The summed E-state index contributed by atoms with van der Waals surface area (Å²) in [5.41, 5.74) is 0.972. The van der Waals surface area contributed by atoms with Crippen LogP contribution in [-0.2, 0) is 14.3 Å². The molecule has 1 aromatic carbocycles. The third-order valence-corrected chi connectivity index (χ3v) is 8.49. The van der Waals surface area contributed by atoms with Gasteiger partial charge in [0.2, 0.25) is 11.8 Å². The lowest BCUT2D eigenvalue weighted by Gasteiger charge is -2.34. The summed E-state index contributed by atoms with van der Waals surface area (Å²) in [7, 11) is 1.77. The third kappa shape index (κ3) is 6.16. The molecule has 0 spiro atoms. The average Bonchev–Trinajstić information content (AvgIpc) is 3.50. The molecule has 3 amide bonds. The maximum atomic E-state index is 13.6. The van der Waals surface area contributed by atoms with Gasteiger partial charge in [-0.2, -0.15) is 0 Å². The molecule has 2 aliphatic heterocycles. The summed E-state index contributed by atoms with van der Waals surface area (Å²) in [6.07, 6.45) is 4.90. The van der Waals surface area contributed by atoms with E-state index in [2.05, 4.69) is 6.92 Å². The van der Waals surface area contributed by atoms with Gasteiger partial charge in [-0.1, -0.05) is 44.0 Å². The summed E-state index contributed by atoms with van der Waals surface area (Å²) in [4.78, 5) is 44.3. The Labute approximate surface area is 220 Å². The van der Waals surface area contributed by atoms with E-state index in [1.165, 1.54) is 0 Å². The molecule has 3 aliphatic rings. The number of hydrogen-bond acceptors (Lipinski definition) is 4. The van der Waals surface area contributed by atoms with Crippen LogP contribution in [0.3, 0.4) is 0 Å². The molecule has 4 rings (SSSR count). The van der Waals surface area contributed by atoms with Crippen molar-refractivity contribution in [3.63, 3.8) is 0 Å². The third-order valence-electron chi connectivity index (χ3n) is 8.24. The largest absolute Gasteiger partial charge is 0.449 e. The van der Waals surface area contributed by atoms with E-state index in [0.717, 1.165) is 44.1 Å². The Morgan fingerprint density at radius 2 is 1.75 bits per heavy atom. The van der Waals surface area contributed by atoms with Crippen LogP contribution in [0.2, 0.25) is 5.02 Å². The first-order valence-electron chi connectivity index (χ1n) is 13.4. The van der Waals surface area contributed by atoms with Crippen LogP contribution in [0, 0.1) is 17.3 Å². The van der Waals surface area contributed by atoms with Crippen molar-refractivity contribution in [1.29, 1.82) is 0 Å². The zero-order valence-corrected chi connectivity index (χ0v) is 22.6. The fraction of sp³-hybridized carbons (Fsp3) is 0.679. The predicted octanol–water partition coefficient (Wildman–Crippen LogP) is 4.79. The molecular formula is C28H40ClN3O4. The summed E-state index contributed by atoms with van der Waals surface area (Å²) in [6, 6.07) is 7.81. The summed E-state index contributed by atoms with van der Waals surface area (Å²) in [5, 5.41) is 0.680. The Morgan fingerprint density at radius 3 is 2.36 bits per heavy atom. The first-order valence-corrected chi connectivity index (χ1v) is 13.8. The molecule has 0 aromatic heterocycles. The number of hydrogen-bond donors (Lipinski definition) is 0. The van der Waals surface area contributed by atoms with Gasteiger partial charge in [-0.25, -0.2) is 4.79 Å². The summed E-state index contributed by atoms with van der Waals surface area (Å²) in [5.74, 6) is 0.604. The number of unbranched alkanes of at least 4 members (excludes halogenated alkanes) is 1. The molecule has 0 bridgehead atoms. The molecule has 2 atom stereocenters. The SMILES string of the molecule is CCCCOC(=O)N(C)CC1CN(C(=O)C2CCN(C(=O)C3(C)CC3)CC2)C[C@@H]1c1ccc(Cl)cc1. The molecule has 2 heterocycles. The number of carbonyl (C=O) groups is 3. The van der Waals surface area contributed by atoms with Crippen LogP contribution in [-0.4, -0.2) is 79.0 Å². The van der Waals surface area contributed by atoms with Gasteiger partial charge >= 0.3 is 6.09 Å². The van der Waals surface area contributed by atoms with E-state index < -0.39 is 0 Å². The van der Waals surface area contributed by atoms with Crippen molar-refractivity contribution in [3.8, 4) is 0 Å². The van der Waals surface area contributed by atoms with E-state index in [1.807, 2.05) is 41.0 Å². The van der Waals surface area contributed by atoms with Gasteiger partial charge in [-0.3, -0.25) is 9.59 Å². The molecule has 198 valence electrons. The monoisotopic (exact) mass is 517 g/mol. The molecular weight excluding hydrogens is 478 g/mol. The highest BCUT2D eigenvalue weighted by molar-refractivity contribution is 6.30. The number of carbonyl (C=O) groups excluding carboxylic acids is 3. The smallest absolute Gasteiger partial charge is 0.409 e. The Kier molecular flexibility index (Phi) is 8.48. The van der Waals surface area contributed by atoms with Crippen molar-refractivity contribution in [2.45, 2.75) is 58.3 Å². The zero-order chi connectivity index (χ0) is 25.9. The molecule has 1 aromatic rings. The topological polar surface area (TPSA) is 70.2 Å². The maximum Gasteiger partial charge on any atom is 0.409 e. The minimum atomic E-state index is -0.315. The second-order valence-electron chi connectivity index (χ2n) is 11.1. The number of halogens is 1. The zero-order valence-electron chi connectivity index (χ0n) is 21.9. The van der Waals surface area contributed by atoms with Crippen LogP contribution in [0.4, 0.5) is 4.79 Å². The molecule has 7 nitrogen and oxygen atoms in total. The molecule has 0 radical (unpaired) electrons. The Balaban J connectivity index is 1.39. The Bertz CT molecular complexity index is 941. The number of benzene rings is 1. The highest BCUT2D eigenvalue weighted by atomic mass is 35.5. The van der Waals surface area contributed by atoms with Crippen LogP contribution in [0.25, 0.3) is 0 Å². The van der Waals surface area contributed by atoms with Gasteiger partial charge in [0, 0.05) is 68.0 Å². The van der Waals surface area contributed by atoms with Crippen molar-refractivity contribution in [1.82, 2.24) is 14.7 Å². The van der Waals surface area contributed by atoms with E-state index in [-0.39, 0.29) is 41.1 Å². The quantitative estimate of drug-likeness (QED) is 0.465. The van der Waals surface area contributed by atoms with Crippen molar-refractivity contribution in [2.75, 3.05) is 46.4 Å². The predicted molar refractivity (Wildman–Crippen MR) is 140 cm³/mol. The standard InChI is InChI=1S/C28H40ClN3O4/c1-4-5-16-36-27(35)30(3)17-22-18-32(19-24(22)20-6-8-23(29)9-7-20)25(33)21-10-14-31(15-11-21)26(34)28(2)12-13-28/h6-9,21-22,24H,4-5,10-19H2,1-3H3/t22?,24-/m1/s1. The van der Waals surface area contributed by atoms with E-state index in [4.69, 9.17) is 16.3 Å². The number of piperidine rings is 1. The lowest BCUT2D eigenvalue weighted by Crippen LogP contribution is -2.46. The fourth-order valence-electron chi connectivity index (χ4n) is 5.53. The van der Waals surface area contributed by atoms with Crippen LogP contribution >= 0.6 is 11.6 Å². The van der Waals surface area contributed by atoms with Crippen LogP contribution in [0.5, 0.6) is 0 Å². The minimum Gasteiger partial charge on any atom is -0.449 e. The number of likely N-dealkylation sites (tertiary alicyclic amines) is 2. The summed E-state index contributed by atoms with van der Waals surface area (Å²) >= 11 is 6.13. The van der Waals surface area contributed by atoms with Crippen molar-refractivity contribution in [2.24, 2.45) is 17.3 Å². The average molecular weight is 518 g/mol. The minimum absolute atomic E-state index is 0.0533. The molecule has 1 unspecified atom stereocenters. The normalized spacial score (nSPS) is 23.4. The Hall–Kier alpha value is -2.28. The number of amides is 3. The van der Waals surface area contributed by atoms with E-state index >= 15 is 0 Å². The lowest BCUT2D eigenvalue weighted by molar-refractivity contribution is -0.142. The molecule has 36 heavy (non-hydrogen) atoms. The van der Waals surface area contributed by atoms with Gasteiger partial charge in [0.1, 0.15) is 0 Å². The highest BCUT2D eigenvalue weighted by Gasteiger charge is 2.48. The molecule has 1 aliphatic carbocycles. The van der Waals surface area contributed by atoms with Gasteiger partial charge < -0.3 is 19.4 Å². The Morgan fingerprint density at radius 1 is 1.08 bits per heavy atom. The summed E-state index contributed by atoms with van der Waals surface area (Å²) in [6.45, 7) is 7.61. The van der Waals surface area contributed by atoms with Crippen molar-refractivity contribution < 1.29 is 19.1 Å². The van der Waals surface area contributed by atoms with Crippen LogP contribution in [0.1, 0.15) is 63.9 Å². The molecule has 2 saturated heterocycles. The number of nitrogens with zero attached hydrogens (tertiary/aromatic N) is 3.